The third kappa shape index (κ3) is 5.77. The van der Waals surface area contributed by atoms with Gasteiger partial charge < -0.3 is 20.0 Å². The van der Waals surface area contributed by atoms with E-state index in [0.717, 1.165) is 42.9 Å². The van der Waals surface area contributed by atoms with Crippen LogP contribution < -0.4 is 10.2 Å². The number of aromatic amines is 1. The van der Waals surface area contributed by atoms with E-state index in [4.69, 9.17) is 4.84 Å². The number of amides is 1. The van der Waals surface area contributed by atoms with Gasteiger partial charge in [-0.1, -0.05) is 22.7 Å². The molecule has 2 heterocycles. The Hall–Kier alpha value is -4.42. The quantitative estimate of drug-likeness (QED) is 0.222. The molecule has 0 aliphatic carbocycles. The Morgan fingerprint density at radius 3 is 2.58 bits per heavy atom. The van der Waals surface area contributed by atoms with Crippen LogP contribution in [-0.2, 0) is 10.0 Å². The second-order valence-corrected chi connectivity index (χ2v) is 11.5. The molecule has 0 spiro atoms. The summed E-state index contributed by atoms with van der Waals surface area (Å²) in [6, 6.07) is 17.9. The average Bonchev–Trinajstić information content (AvgIpc) is 3.43. The summed E-state index contributed by atoms with van der Waals surface area (Å²) in [5, 5.41) is 15.8. The molecule has 0 radical (unpaired) electrons. The average molecular weight is 564 g/mol. The van der Waals surface area contributed by atoms with Crippen LogP contribution in [0.3, 0.4) is 0 Å². The number of nitro groups is 1. The number of aromatic nitrogens is 1. The van der Waals surface area contributed by atoms with E-state index in [1.807, 2.05) is 0 Å². The van der Waals surface area contributed by atoms with E-state index in [1.54, 1.807) is 42.6 Å². The van der Waals surface area contributed by atoms with Gasteiger partial charge in [-0.15, -0.1) is 0 Å². The first-order valence-corrected chi connectivity index (χ1v) is 14.3. The molecule has 1 aliphatic heterocycles. The van der Waals surface area contributed by atoms with Gasteiger partial charge in [0, 0.05) is 35.3 Å². The van der Waals surface area contributed by atoms with Crippen molar-refractivity contribution in [3.05, 3.63) is 94.7 Å². The molecule has 4 aromatic rings. The van der Waals surface area contributed by atoms with Gasteiger partial charge in [0.2, 0.25) is 0 Å². The van der Waals surface area contributed by atoms with Crippen LogP contribution in [0.1, 0.15) is 23.2 Å². The summed E-state index contributed by atoms with van der Waals surface area (Å²) < 4.78 is 27.9. The van der Waals surface area contributed by atoms with Crippen LogP contribution in [0.25, 0.3) is 10.9 Å². The highest BCUT2D eigenvalue weighted by molar-refractivity contribution is 7.89. The number of hydroxylamine groups is 1. The highest BCUT2D eigenvalue weighted by Crippen LogP contribution is 2.31. The largest absolute Gasteiger partial charge is 0.379 e. The zero-order valence-electron chi connectivity index (χ0n) is 21.8. The summed E-state index contributed by atoms with van der Waals surface area (Å²) in [6.45, 7) is 2.44. The first kappa shape index (κ1) is 27.2. The lowest BCUT2D eigenvalue weighted by Gasteiger charge is -2.29. The second-order valence-electron chi connectivity index (χ2n) is 9.78. The van der Waals surface area contributed by atoms with Crippen LogP contribution in [0.15, 0.2) is 83.9 Å². The van der Waals surface area contributed by atoms with Gasteiger partial charge in [0.05, 0.1) is 9.82 Å². The van der Waals surface area contributed by atoms with Crippen molar-refractivity contribution in [1.82, 2.24) is 14.4 Å². The highest BCUT2D eigenvalue weighted by atomic mass is 32.2. The maximum Gasteiger partial charge on any atom is 0.302 e. The number of carbonyl (C=O) groups is 1. The van der Waals surface area contributed by atoms with Crippen molar-refractivity contribution < 1.29 is 23.0 Å². The molecule has 208 valence electrons. The zero-order valence-corrected chi connectivity index (χ0v) is 22.6. The minimum absolute atomic E-state index is 0.0692. The van der Waals surface area contributed by atoms with Gasteiger partial charge >= 0.3 is 5.91 Å². The number of nitro benzene ring substituents is 1. The number of nitrogens with zero attached hydrogens (tertiary/aromatic N) is 3. The monoisotopic (exact) mass is 563 g/mol. The van der Waals surface area contributed by atoms with E-state index in [-0.39, 0.29) is 21.5 Å². The fraction of sp³-hybridized carbons (Fsp3) is 0.250. The van der Waals surface area contributed by atoms with Crippen molar-refractivity contribution in [3.8, 4) is 5.75 Å². The number of hydrogen-bond donors (Lipinski definition) is 2. The maximum atomic E-state index is 13.8. The third-order valence-electron chi connectivity index (χ3n) is 7.00. The number of sulfonamides is 1. The lowest BCUT2D eigenvalue weighted by atomic mass is 9.97. The zero-order chi connectivity index (χ0) is 28.3. The molecule has 0 unspecified atom stereocenters. The van der Waals surface area contributed by atoms with Gasteiger partial charge in [-0.3, -0.25) is 14.9 Å². The van der Waals surface area contributed by atoms with Gasteiger partial charge in [0.1, 0.15) is 5.69 Å². The summed E-state index contributed by atoms with van der Waals surface area (Å²) in [7, 11) is -2.63. The van der Waals surface area contributed by atoms with Crippen LogP contribution in [0.5, 0.6) is 5.75 Å². The number of rotatable bonds is 9. The number of anilines is 1. The number of H-pyrrole nitrogens is 1. The molecule has 1 amide bonds. The second kappa shape index (κ2) is 11.4. The van der Waals surface area contributed by atoms with E-state index in [0.29, 0.717) is 12.5 Å². The number of benzene rings is 3. The maximum absolute atomic E-state index is 13.8. The van der Waals surface area contributed by atoms with Crippen molar-refractivity contribution >= 4 is 38.2 Å². The molecular formula is C28H29N5O6S. The molecule has 1 aliphatic rings. The number of hydrogen-bond acceptors (Lipinski definition) is 8. The van der Waals surface area contributed by atoms with Crippen LogP contribution >= 0.6 is 0 Å². The molecule has 3 aromatic carbocycles. The number of nitrogens with one attached hydrogen (secondary N) is 2. The summed E-state index contributed by atoms with van der Waals surface area (Å²) in [5.74, 6) is -0.489. The minimum atomic E-state index is -4.68. The van der Waals surface area contributed by atoms with E-state index < -0.39 is 31.4 Å². The van der Waals surface area contributed by atoms with Crippen molar-refractivity contribution in [2.24, 2.45) is 5.92 Å². The van der Waals surface area contributed by atoms with Crippen molar-refractivity contribution in [2.75, 3.05) is 32.0 Å². The van der Waals surface area contributed by atoms with Gasteiger partial charge in [-0.05, 0) is 87.4 Å². The van der Waals surface area contributed by atoms with E-state index >= 15 is 0 Å². The Labute approximate surface area is 231 Å². The number of piperidine rings is 1. The molecule has 40 heavy (non-hydrogen) atoms. The molecule has 0 atom stereocenters. The van der Waals surface area contributed by atoms with E-state index in [9.17, 15) is 23.3 Å². The van der Waals surface area contributed by atoms with Crippen LogP contribution in [0, 0.1) is 16.0 Å². The summed E-state index contributed by atoms with van der Waals surface area (Å²) in [5.41, 5.74) is 0.673. The van der Waals surface area contributed by atoms with Crippen LogP contribution in [0.2, 0.25) is 0 Å². The highest BCUT2D eigenvalue weighted by Gasteiger charge is 2.35. The number of likely N-dealkylation sites (tertiary alicyclic amines) is 1. The summed E-state index contributed by atoms with van der Waals surface area (Å²) >= 11 is 0. The van der Waals surface area contributed by atoms with Crippen molar-refractivity contribution in [3.63, 3.8) is 0 Å². The topological polar surface area (TPSA) is 138 Å². The molecule has 11 nitrogen and oxygen atoms in total. The third-order valence-corrected chi connectivity index (χ3v) is 8.53. The molecule has 1 aromatic heterocycles. The normalized spacial score (nSPS) is 14.6. The molecule has 5 rings (SSSR count). The fourth-order valence-electron chi connectivity index (χ4n) is 4.66. The van der Waals surface area contributed by atoms with E-state index in [1.165, 1.54) is 30.3 Å². The van der Waals surface area contributed by atoms with Crippen LogP contribution in [0.4, 0.5) is 11.4 Å². The predicted octanol–water partition coefficient (Wildman–Crippen LogP) is 4.65. The molecule has 0 bridgehead atoms. The molecule has 2 N–H and O–H groups in total. The Kier molecular flexibility index (Phi) is 7.71. The SMILES string of the molecule is CN1CCC(CNc2ccc(S(=O)(=O)N(Oc3ccc4[nH]ccc4c3)C(=O)c3ccccc3)cc2[N+](=O)[O-])CC1. The fourth-order valence-corrected chi connectivity index (χ4v) is 5.86. The first-order valence-electron chi connectivity index (χ1n) is 12.8. The number of carbonyl (C=O) groups excluding carboxylic acids is 1. The lowest BCUT2D eigenvalue weighted by Crippen LogP contribution is -2.39. The van der Waals surface area contributed by atoms with Gasteiger partial charge in [0.15, 0.2) is 5.75 Å². The first-order chi connectivity index (χ1) is 19.2. The van der Waals surface area contributed by atoms with Gasteiger partial charge in [-0.25, -0.2) is 0 Å². The Morgan fingerprint density at radius 1 is 1.10 bits per heavy atom. The minimum Gasteiger partial charge on any atom is -0.379 e. The van der Waals surface area contributed by atoms with Crippen molar-refractivity contribution in [2.45, 2.75) is 17.7 Å². The number of fused-ring (bicyclic) bond motifs is 1. The standard InChI is InChI=1S/C28H29N5O6S/c1-31-15-12-20(13-16-31)19-30-26-10-8-24(18-27(26)32(35)36)40(37,38)33(28(34)21-5-3-2-4-6-21)39-23-7-9-25-22(17-23)11-14-29-25/h2-11,14,17-18,20,29-30H,12-13,15-16,19H2,1H3. The van der Waals surface area contributed by atoms with Gasteiger partial charge in [0.25, 0.3) is 15.7 Å². The van der Waals surface area contributed by atoms with E-state index in [2.05, 4.69) is 22.2 Å². The molecule has 1 fully saturated rings. The predicted molar refractivity (Wildman–Crippen MR) is 151 cm³/mol. The van der Waals surface area contributed by atoms with Crippen molar-refractivity contribution in [1.29, 1.82) is 0 Å². The lowest BCUT2D eigenvalue weighted by molar-refractivity contribution is -0.384. The molecular weight excluding hydrogens is 534 g/mol. The Bertz CT molecular complexity index is 1630. The molecule has 0 saturated carbocycles. The Balaban J connectivity index is 1.47. The molecule has 12 heteroatoms. The molecule has 1 saturated heterocycles. The Morgan fingerprint density at radius 2 is 1.85 bits per heavy atom. The smallest absolute Gasteiger partial charge is 0.302 e. The summed E-state index contributed by atoms with van der Waals surface area (Å²) in [4.78, 5) is 35.3. The van der Waals surface area contributed by atoms with Gasteiger partial charge in [-0.2, -0.15) is 8.42 Å². The van der Waals surface area contributed by atoms with Crippen LogP contribution in [-0.4, -0.2) is 60.3 Å². The summed E-state index contributed by atoms with van der Waals surface area (Å²) in [6.07, 6.45) is 3.65.